The molecule has 84 valence electrons. The summed E-state index contributed by atoms with van der Waals surface area (Å²) in [6, 6.07) is 8.65. The van der Waals surface area contributed by atoms with Crippen molar-refractivity contribution in [2.24, 2.45) is 0 Å². The number of nitrogens with zero attached hydrogens (tertiary/aromatic N) is 1. The fourth-order valence-corrected chi connectivity index (χ4v) is 2.13. The Balaban J connectivity index is 1.70. The zero-order valence-corrected chi connectivity index (χ0v) is 10.3. The molecule has 2 nitrogen and oxygen atoms in total. The number of hydrogen-bond acceptors (Lipinski definition) is 3. The Morgan fingerprint density at radius 2 is 2.06 bits per heavy atom. The van der Waals surface area contributed by atoms with Crippen molar-refractivity contribution in [2.45, 2.75) is 19.9 Å². The molecule has 1 aromatic carbocycles. The quantitative estimate of drug-likeness (QED) is 0.802. The lowest BCUT2D eigenvalue weighted by Gasteiger charge is -2.03. The van der Waals surface area contributed by atoms with Crippen LogP contribution in [0.5, 0.6) is 0 Å². The van der Waals surface area contributed by atoms with Gasteiger partial charge in [0.2, 0.25) is 0 Å². The molecule has 0 aliphatic carbocycles. The summed E-state index contributed by atoms with van der Waals surface area (Å²) in [5, 5.41) is 6.65. The molecule has 0 atom stereocenters. The van der Waals surface area contributed by atoms with Crippen molar-refractivity contribution in [2.75, 3.05) is 6.54 Å². The number of thiazole rings is 1. The maximum absolute atomic E-state index is 4.25. The molecule has 2 aromatic rings. The highest BCUT2D eigenvalue weighted by Gasteiger charge is 1.95. The first kappa shape index (κ1) is 11.3. The second-order valence-electron chi connectivity index (χ2n) is 3.84. The van der Waals surface area contributed by atoms with Gasteiger partial charge in [-0.25, -0.2) is 4.98 Å². The van der Waals surface area contributed by atoms with Gasteiger partial charge in [-0.3, -0.25) is 0 Å². The van der Waals surface area contributed by atoms with Gasteiger partial charge in [0.25, 0.3) is 0 Å². The molecule has 0 aliphatic heterocycles. The topological polar surface area (TPSA) is 24.9 Å². The van der Waals surface area contributed by atoms with Crippen LogP contribution in [0.3, 0.4) is 0 Å². The second-order valence-corrected chi connectivity index (χ2v) is 4.82. The van der Waals surface area contributed by atoms with E-state index in [1.165, 1.54) is 16.1 Å². The molecule has 16 heavy (non-hydrogen) atoms. The van der Waals surface area contributed by atoms with Crippen molar-refractivity contribution in [1.82, 2.24) is 10.3 Å². The summed E-state index contributed by atoms with van der Waals surface area (Å²) in [4.78, 5) is 4.25. The molecule has 3 heteroatoms. The first-order valence-electron chi connectivity index (χ1n) is 5.49. The van der Waals surface area contributed by atoms with Crippen LogP contribution in [0.1, 0.15) is 16.1 Å². The van der Waals surface area contributed by atoms with Gasteiger partial charge in [0.1, 0.15) is 0 Å². The van der Waals surface area contributed by atoms with Crippen molar-refractivity contribution in [3.8, 4) is 0 Å². The van der Waals surface area contributed by atoms with Crippen molar-refractivity contribution in [3.63, 3.8) is 0 Å². The fourth-order valence-electron chi connectivity index (χ4n) is 1.51. The predicted molar refractivity (Wildman–Crippen MR) is 68.7 cm³/mol. The molecule has 0 saturated heterocycles. The molecule has 0 spiro atoms. The normalized spacial score (nSPS) is 10.6. The summed E-state index contributed by atoms with van der Waals surface area (Å²) in [5.74, 6) is 0. The molecule has 0 bridgehead atoms. The average Bonchev–Trinajstić information content (AvgIpc) is 2.80. The van der Waals surface area contributed by atoms with Gasteiger partial charge in [0.15, 0.2) is 0 Å². The first-order valence-corrected chi connectivity index (χ1v) is 6.37. The minimum absolute atomic E-state index is 0.936. The molecule has 0 saturated carbocycles. The summed E-state index contributed by atoms with van der Waals surface area (Å²) in [7, 11) is 0. The predicted octanol–water partition coefficient (Wildman–Crippen LogP) is 2.78. The monoisotopic (exact) mass is 232 g/mol. The van der Waals surface area contributed by atoms with Crippen molar-refractivity contribution >= 4 is 11.3 Å². The highest BCUT2D eigenvalue weighted by atomic mass is 32.1. The van der Waals surface area contributed by atoms with Gasteiger partial charge in [-0.2, -0.15) is 0 Å². The molecular weight excluding hydrogens is 216 g/mol. The summed E-state index contributed by atoms with van der Waals surface area (Å²) < 4.78 is 0. The van der Waals surface area contributed by atoms with Gasteiger partial charge in [-0.05, 0) is 12.5 Å². The third kappa shape index (κ3) is 3.43. The van der Waals surface area contributed by atoms with Crippen LogP contribution in [0.2, 0.25) is 0 Å². The Kier molecular flexibility index (Phi) is 4.08. The molecule has 0 fully saturated rings. The van der Waals surface area contributed by atoms with Crippen LogP contribution >= 0.6 is 11.3 Å². The smallest absolute Gasteiger partial charge is 0.0937 e. The number of benzene rings is 1. The van der Waals surface area contributed by atoms with Gasteiger partial charge >= 0.3 is 0 Å². The van der Waals surface area contributed by atoms with Crippen molar-refractivity contribution < 1.29 is 0 Å². The molecule has 0 amide bonds. The number of nitrogens with one attached hydrogen (secondary N) is 1. The average molecular weight is 232 g/mol. The van der Waals surface area contributed by atoms with Crippen LogP contribution in [0, 0.1) is 6.92 Å². The van der Waals surface area contributed by atoms with Crippen LogP contribution in [0.4, 0.5) is 0 Å². The Morgan fingerprint density at radius 3 is 2.75 bits per heavy atom. The number of hydrogen-bond donors (Lipinski definition) is 1. The van der Waals surface area contributed by atoms with E-state index in [2.05, 4.69) is 41.5 Å². The van der Waals surface area contributed by atoms with E-state index in [9.17, 15) is 0 Å². The second kappa shape index (κ2) is 5.77. The van der Waals surface area contributed by atoms with Crippen molar-refractivity contribution in [3.05, 3.63) is 52.0 Å². The zero-order valence-electron chi connectivity index (χ0n) is 9.44. The van der Waals surface area contributed by atoms with Gasteiger partial charge in [-0.1, -0.05) is 29.8 Å². The third-order valence-corrected chi connectivity index (χ3v) is 3.29. The largest absolute Gasteiger partial charge is 0.312 e. The molecule has 0 unspecified atom stereocenters. The lowest BCUT2D eigenvalue weighted by Crippen LogP contribution is -2.16. The molecule has 1 aromatic heterocycles. The van der Waals surface area contributed by atoms with Crippen molar-refractivity contribution in [1.29, 1.82) is 0 Å². The van der Waals surface area contributed by atoms with E-state index in [1.807, 2.05) is 11.6 Å². The number of rotatable bonds is 5. The summed E-state index contributed by atoms with van der Waals surface area (Å²) >= 11 is 1.72. The van der Waals surface area contributed by atoms with Crippen LogP contribution < -0.4 is 5.32 Å². The zero-order chi connectivity index (χ0) is 11.2. The molecular formula is C13H16N2S. The van der Waals surface area contributed by atoms with E-state index in [0.29, 0.717) is 0 Å². The van der Waals surface area contributed by atoms with Crippen LogP contribution in [-0.4, -0.2) is 11.5 Å². The Hall–Kier alpha value is -1.19. The lowest BCUT2D eigenvalue weighted by atomic mass is 10.1. The number of aromatic nitrogens is 1. The lowest BCUT2D eigenvalue weighted by molar-refractivity contribution is 0.685. The third-order valence-electron chi connectivity index (χ3n) is 2.45. The summed E-state index contributed by atoms with van der Waals surface area (Å²) in [5.41, 5.74) is 2.65. The maximum atomic E-state index is 4.25. The van der Waals surface area contributed by atoms with E-state index in [-0.39, 0.29) is 0 Å². The van der Waals surface area contributed by atoms with E-state index < -0.39 is 0 Å². The van der Waals surface area contributed by atoms with Gasteiger partial charge in [-0.15, -0.1) is 11.3 Å². The molecule has 1 N–H and O–H groups in total. The summed E-state index contributed by atoms with van der Waals surface area (Å²) in [6.07, 6.45) is 2.88. The van der Waals surface area contributed by atoms with E-state index >= 15 is 0 Å². The SMILES string of the molecule is Cc1ccc(CNCCc2nccs2)cc1. The number of aryl methyl sites for hydroxylation is 1. The van der Waals surface area contributed by atoms with Gasteiger partial charge < -0.3 is 5.32 Å². The van der Waals surface area contributed by atoms with Gasteiger partial charge in [0, 0.05) is 31.1 Å². The standard InChI is InChI=1S/C13H16N2S/c1-11-2-4-12(5-3-11)10-14-7-6-13-15-8-9-16-13/h2-5,8-9,14H,6-7,10H2,1H3. The van der Waals surface area contributed by atoms with E-state index in [4.69, 9.17) is 0 Å². The highest BCUT2D eigenvalue weighted by molar-refractivity contribution is 7.09. The van der Waals surface area contributed by atoms with Gasteiger partial charge in [0.05, 0.1) is 5.01 Å². The van der Waals surface area contributed by atoms with Crippen LogP contribution in [0.15, 0.2) is 35.8 Å². The minimum Gasteiger partial charge on any atom is -0.312 e. The molecule has 0 aliphatic rings. The molecule has 2 rings (SSSR count). The van der Waals surface area contributed by atoms with Crippen LogP contribution in [-0.2, 0) is 13.0 Å². The molecule has 0 radical (unpaired) electrons. The van der Waals surface area contributed by atoms with E-state index in [0.717, 1.165) is 19.5 Å². The Bertz CT molecular complexity index is 406. The Morgan fingerprint density at radius 1 is 1.25 bits per heavy atom. The van der Waals surface area contributed by atoms with E-state index in [1.54, 1.807) is 11.3 Å². The minimum atomic E-state index is 0.936. The fraction of sp³-hybridized carbons (Fsp3) is 0.308. The first-order chi connectivity index (χ1) is 7.84. The summed E-state index contributed by atoms with van der Waals surface area (Å²) in [6.45, 7) is 4.03. The Labute approximate surface area is 100 Å². The maximum Gasteiger partial charge on any atom is 0.0937 e. The van der Waals surface area contributed by atoms with Crippen LogP contribution in [0.25, 0.3) is 0 Å². The molecule has 1 heterocycles. The highest BCUT2D eigenvalue weighted by Crippen LogP contribution is 2.05.